The van der Waals surface area contributed by atoms with Gasteiger partial charge in [0.1, 0.15) is 11.6 Å². The predicted octanol–water partition coefficient (Wildman–Crippen LogP) is 4.41. The summed E-state index contributed by atoms with van der Waals surface area (Å²) in [4.78, 5) is 4.87. The second kappa shape index (κ2) is 8.08. The molecule has 1 aromatic heterocycles. The van der Waals surface area contributed by atoms with E-state index in [4.69, 9.17) is 0 Å². The normalized spacial score (nSPS) is 16.2. The first-order valence-electron chi connectivity index (χ1n) is 9.81. The number of hydrogen-bond acceptors (Lipinski definition) is 4. The van der Waals surface area contributed by atoms with Gasteiger partial charge in [0, 0.05) is 25.0 Å². The lowest BCUT2D eigenvalue weighted by molar-refractivity contribution is 0.288. The molecule has 0 spiro atoms. The van der Waals surface area contributed by atoms with Gasteiger partial charge in [0.15, 0.2) is 0 Å². The summed E-state index contributed by atoms with van der Waals surface area (Å²) in [6, 6.07) is 15.1. The van der Waals surface area contributed by atoms with Crippen molar-refractivity contribution in [1.82, 2.24) is 9.29 Å². The van der Waals surface area contributed by atoms with Crippen molar-refractivity contribution in [1.29, 1.82) is 0 Å². The lowest BCUT2D eigenvalue weighted by Crippen LogP contribution is -2.37. The number of nitrogens with one attached hydrogen (secondary N) is 1. The summed E-state index contributed by atoms with van der Waals surface area (Å²) in [6.07, 6.45) is 1.80. The number of halogens is 1. The molecule has 1 saturated heterocycles. The van der Waals surface area contributed by atoms with E-state index >= 15 is 0 Å². The summed E-state index contributed by atoms with van der Waals surface area (Å²) in [5, 5.41) is 3.99. The molecule has 0 saturated carbocycles. The second-order valence-electron chi connectivity index (χ2n) is 7.62. The van der Waals surface area contributed by atoms with Crippen LogP contribution in [0.2, 0.25) is 0 Å². The Kier molecular flexibility index (Phi) is 5.52. The zero-order chi connectivity index (χ0) is 20.4. The molecule has 3 aromatic rings. The maximum atomic E-state index is 13.0. The minimum atomic E-state index is -3.48. The van der Waals surface area contributed by atoms with Crippen LogP contribution in [0.1, 0.15) is 25.3 Å². The third-order valence-electron chi connectivity index (χ3n) is 5.43. The Balaban J connectivity index is 1.51. The van der Waals surface area contributed by atoms with E-state index in [-0.39, 0.29) is 5.82 Å². The quantitative estimate of drug-likeness (QED) is 0.673. The molecule has 0 amide bonds. The summed E-state index contributed by atoms with van der Waals surface area (Å²) in [5.74, 6) is 0.993. The highest BCUT2D eigenvalue weighted by Crippen LogP contribution is 2.26. The number of aromatic nitrogens is 1. The summed E-state index contributed by atoms with van der Waals surface area (Å²) in [7, 11) is -3.48. The van der Waals surface area contributed by atoms with Crippen LogP contribution in [-0.2, 0) is 16.6 Å². The molecule has 0 radical (unpaired) electrons. The molecule has 152 valence electrons. The third kappa shape index (κ3) is 4.41. The van der Waals surface area contributed by atoms with Gasteiger partial charge in [0.25, 0.3) is 0 Å². The van der Waals surface area contributed by atoms with Crippen molar-refractivity contribution in [3.63, 3.8) is 0 Å². The summed E-state index contributed by atoms with van der Waals surface area (Å²) in [5.41, 5.74) is 1.67. The van der Waals surface area contributed by atoms with Crippen LogP contribution < -0.4 is 5.32 Å². The van der Waals surface area contributed by atoms with E-state index in [1.165, 1.54) is 12.1 Å². The predicted molar refractivity (Wildman–Crippen MR) is 113 cm³/mol. The van der Waals surface area contributed by atoms with E-state index in [0.29, 0.717) is 36.3 Å². The van der Waals surface area contributed by atoms with Crippen LogP contribution in [0.3, 0.4) is 0 Å². The standard InChI is InChI=1S/C22H24FN3O2S/c1-16-10-12-26(13-11-16)29(27,28)20-7-8-21-18(14-20)4-9-22(25-21)24-15-17-2-5-19(23)6-3-17/h2-9,14,16H,10-13,15H2,1H3,(H,24,25). The molecule has 2 heterocycles. The van der Waals surface area contributed by atoms with Gasteiger partial charge < -0.3 is 5.32 Å². The van der Waals surface area contributed by atoms with Crippen molar-refractivity contribution in [3.05, 3.63) is 66.0 Å². The molecule has 1 fully saturated rings. The number of nitrogens with zero attached hydrogens (tertiary/aromatic N) is 2. The fourth-order valence-corrected chi connectivity index (χ4v) is 5.04. The van der Waals surface area contributed by atoms with Gasteiger partial charge in [-0.05, 0) is 66.8 Å². The zero-order valence-electron chi connectivity index (χ0n) is 16.3. The number of sulfonamides is 1. The maximum Gasteiger partial charge on any atom is 0.243 e. The Bertz CT molecular complexity index is 1110. The van der Waals surface area contributed by atoms with Crippen LogP contribution in [0.5, 0.6) is 0 Å². The van der Waals surface area contributed by atoms with Gasteiger partial charge in [-0.25, -0.2) is 17.8 Å². The van der Waals surface area contributed by atoms with Crippen LogP contribution in [0.4, 0.5) is 10.2 Å². The fourth-order valence-electron chi connectivity index (χ4n) is 3.53. The molecule has 1 N–H and O–H groups in total. The van der Waals surface area contributed by atoms with Crippen molar-refractivity contribution in [2.24, 2.45) is 5.92 Å². The Morgan fingerprint density at radius 2 is 1.79 bits per heavy atom. The first-order chi connectivity index (χ1) is 13.9. The number of hydrogen-bond donors (Lipinski definition) is 1. The van der Waals surface area contributed by atoms with Crippen LogP contribution in [0, 0.1) is 11.7 Å². The Morgan fingerprint density at radius 3 is 2.52 bits per heavy atom. The van der Waals surface area contributed by atoms with E-state index in [1.54, 1.807) is 34.6 Å². The molecule has 0 atom stereocenters. The maximum absolute atomic E-state index is 13.0. The number of benzene rings is 2. The highest BCUT2D eigenvalue weighted by atomic mass is 32.2. The van der Waals surface area contributed by atoms with E-state index in [1.807, 2.05) is 12.1 Å². The lowest BCUT2D eigenvalue weighted by atomic mass is 10.0. The molecule has 5 nitrogen and oxygen atoms in total. The number of pyridine rings is 1. The van der Waals surface area contributed by atoms with Crippen LogP contribution in [-0.4, -0.2) is 30.8 Å². The van der Waals surface area contributed by atoms with Gasteiger partial charge in [0.2, 0.25) is 10.0 Å². The topological polar surface area (TPSA) is 62.3 Å². The number of piperidine rings is 1. The molecule has 0 unspecified atom stereocenters. The third-order valence-corrected chi connectivity index (χ3v) is 7.32. The summed E-state index contributed by atoms with van der Waals surface area (Å²) in [6.45, 7) is 3.84. The SMILES string of the molecule is CC1CCN(S(=O)(=O)c2ccc3nc(NCc4ccc(F)cc4)ccc3c2)CC1. The molecule has 29 heavy (non-hydrogen) atoms. The summed E-state index contributed by atoms with van der Waals surface area (Å²) >= 11 is 0. The van der Waals surface area contributed by atoms with E-state index < -0.39 is 10.0 Å². The number of anilines is 1. The van der Waals surface area contributed by atoms with Crippen molar-refractivity contribution in [2.75, 3.05) is 18.4 Å². The smallest absolute Gasteiger partial charge is 0.243 e. The first kappa shape index (κ1) is 19.8. The fraction of sp³-hybridized carbons (Fsp3) is 0.318. The molecule has 2 aromatic carbocycles. The van der Waals surface area contributed by atoms with Crippen molar-refractivity contribution < 1.29 is 12.8 Å². The summed E-state index contributed by atoms with van der Waals surface area (Å²) < 4.78 is 40.5. The molecule has 0 aliphatic carbocycles. The molecule has 4 rings (SSSR count). The van der Waals surface area contributed by atoms with Gasteiger partial charge in [-0.3, -0.25) is 0 Å². The largest absolute Gasteiger partial charge is 0.366 e. The van der Waals surface area contributed by atoms with E-state index in [9.17, 15) is 12.8 Å². The molecule has 0 bridgehead atoms. The van der Waals surface area contributed by atoms with Crippen LogP contribution >= 0.6 is 0 Å². The molecule has 1 aliphatic rings. The van der Waals surface area contributed by atoms with Gasteiger partial charge in [-0.1, -0.05) is 19.1 Å². The minimum absolute atomic E-state index is 0.262. The van der Waals surface area contributed by atoms with Gasteiger partial charge in [-0.2, -0.15) is 4.31 Å². The average Bonchev–Trinajstić information content (AvgIpc) is 2.73. The van der Waals surface area contributed by atoms with Crippen molar-refractivity contribution >= 4 is 26.7 Å². The zero-order valence-corrected chi connectivity index (χ0v) is 17.1. The van der Waals surface area contributed by atoms with Gasteiger partial charge in [0.05, 0.1) is 10.4 Å². The van der Waals surface area contributed by atoms with Crippen LogP contribution in [0.25, 0.3) is 10.9 Å². The number of fused-ring (bicyclic) bond motifs is 1. The Morgan fingerprint density at radius 1 is 1.07 bits per heavy atom. The van der Waals surface area contributed by atoms with Crippen LogP contribution in [0.15, 0.2) is 59.5 Å². The van der Waals surface area contributed by atoms with Gasteiger partial charge >= 0.3 is 0 Å². The first-order valence-corrected chi connectivity index (χ1v) is 11.2. The highest BCUT2D eigenvalue weighted by molar-refractivity contribution is 7.89. The Labute approximate surface area is 170 Å². The monoisotopic (exact) mass is 413 g/mol. The molecule has 7 heteroatoms. The average molecular weight is 414 g/mol. The van der Waals surface area contributed by atoms with E-state index in [2.05, 4.69) is 17.2 Å². The van der Waals surface area contributed by atoms with Crippen molar-refractivity contribution in [2.45, 2.75) is 31.2 Å². The Hall–Kier alpha value is -2.51. The minimum Gasteiger partial charge on any atom is -0.366 e. The van der Waals surface area contributed by atoms with Gasteiger partial charge in [-0.15, -0.1) is 0 Å². The molecule has 1 aliphatic heterocycles. The number of rotatable bonds is 5. The van der Waals surface area contributed by atoms with E-state index in [0.717, 1.165) is 29.3 Å². The van der Waals surface area contributed by atoms with Crippen molar-refractivity contribution in [3.8, 4) is 0 Å². The molecular weight excluding hydrogens is 389 g/mol. The molecular formula is C22H24FN3O2S. The highest BCUT2D eigenvalue weighted by Gasteiger charge is 2.28. The second-order valence-corrected chi connectivity index (χ2v) is 9.56. The lowest BCUT2D eigenvalue weighted by Gasteiger charge is -2.29.